The fourth-order valence-electron chi connectivity index (χ4n) is 6.34. The molecule has 9 nitrogen and oxygen atoms in total. The number of nitrogens with zero attached hydrogens (tertiary/aromatic N) is 7. The van der Waals surface area contributed by atoms with Crippen LogP contribution in [0, 0.1) is 6.92 Å². The van der Waals surface area contributed by atoms with E-state index in [9.17, 15) is 0 Å². The predicted molar refractivity (Wildman–Crippen MR) is 120 cm³/mol. The monoisotopic (exact) mass is 444 g/mol. The molecule has 0 saturated heterocycles. The van der Waals surface area contributed by atoms with E-state index in [1.165, 1.54) is 0 Å². The molecule has 34 heavy (non-hydrogen) atoms. The van der Waals surface area contributed by atoms with Gasteiger partial charge in [-0.3, -0.25) is 0 Å². The molecule has 1 unspecified atom stereocenters. The summed E-state index contributed by atoms with van der Waals surface area (Å²) in [7, 11) is 0. The smallest absolute Gasteiger partial charge is 0.437 e. The molecular formula is C25H14N7O2+3. The molecule has 4 aliphatic heterocycles. The third kappa shape index (κ3) is 1.34. The molecule has 158 valence electrons. The standard InChI is InChI=1S/C25H14N7O2/c1-13-10-17-16-5-3-7-21-30(16)32(31(17)27-13)24-20(34-21)9-8-19-23(24)29-22-14(4-2-6-18(22)33-19)15-11-26-12-28(32)25(15)29/h2-12H,1H3/q+3. The van der Waals surface area contributed by atoms with Crippen molar-refractivity contribution in [3.63, 3.8) is 0 Å². The highest BCUT2D eigenvalue weighted by atomic mass is 16.5. The Hall–Kier alpha value is -4.76. The van der Waals surface area contributed by atoms with Crippen LogP contribution in [0.4, 0.5) is 5.69 Å². The summed E-state index contributed by atoms with van der Waals surface area (Å²) in [6.45, 7) is 2.03. The van der Waals surface area contributed by atoms with Crippen LogP contribution in [0.2, 0.25) is 0 Å². The van der Waals surface area contributed by atoms with Gasteiger partial charge >= 0.3 is 22.9 Å². The Bertz CT molecular complexity index is 2000. The van der Waals surface area contributed by atoms with Crippen LogP contribution < -0.4 is 23.6 Å². The van der Waals surface area contributed by atoms with Crippen molar-refractivity contribution in [2.45, 2.75) is 6.92 Å². The summed E-state index contributed by atoms with van der Waals surface area (Å²) in [4.78, 5) is 6.91. The average molecular weight is 444 g/mol. The number of aromatic nitrogens is 6. The van der Waals surface area contributed by atoms with E-state index in [-0.39, 0.29) is 4.81 Å². The lowest BCUT2D eigenvalue weighted by Gasteiger charge is -2.32. The maximum absolute atomic E-state index is 6.52. The first-order valence-electron chi connectivity index (χ1n) is 11.2. The zero-order chi connectivity index (χ0) is 21.9. The molecule has 0 amide bonds. The summed E-state index contributed by atoms with van der Waals surface area (Å²) in [5, 5.41) is 7.18. The molecule has 1 spiro atoms. The summed E-state index contributed by atoms with van der Waals surface area (Å²) in [6.07, 6.45) is 3.83. The Morgan fingerprint density at radius 3 is 2.82 bits per heavy atom. The van der Waals surface area contributed by atoms with Crippen molar-refractivity contribution in [1.82, 2.24) is 24.3 Å². The largest absolute Gasteiger partial charge is 0.450 e. The van der Waals surface area contributed by atoms with Gasteiger partial charge < -0.3 is 9.47 Å². The van der Waals surface area contributed by atoms with Gasteiger partial charge in [-0.05, 0) is 37.3 Å². The lowest BCUT2D eigenvalue weighted by molar-refractivity contribution is -1.05. The van der Waals surface area contributed by atoms with Crippen molar-refractivity contribution in [1.29, 1.82) is 0 Å². The van der Waals surface area contributed by atoms with Gasteiger partial charge in [-0.15, -0.1) is 10.1 Å². The van der Waals surface area contributed by atoms with Crippen LogP contribution in [0.15, 0.2) is 67.1 Å². The molecule has 4 aliphatic rings. The summed E-state index contributed by atoms with van der Waals surface area (Å²) < 4.78 is 19.7. The molecular weight excluding hydrogens is 430 g/mol. The van der Waals surface area contributed by atoms with Crippen molar-refractivity contribution in [3.8, 4) is 40.2 Å². The lowest BCUT2D eigenvalue weighted by atomic mass is 10.1. The quantitative estimate of drug-likeness (QED) is 0.266. The molecule has 1 atom stereocenters. The van der Waals surface area contributed by atoms with Crippen LogP contribution in [0.25, 0.3) is 39.0 Å². The molecule has 0 bridgehead atoms. The summed E-state index contributed by atoms with van der Waals surface area (Å²) in [5.74, 6) is 3.12. The number of quaternary nitrogens is 1. The van der Waals surface area contributed by atoms with Gasteiger partial charge in [0.1, 0.15) is 6.20 Å². The highest BCUT2D eigenvalue weighted by Crippen LogP contribution is 2.56. The minimum atomic E-state index is 0.131. The number of rotatable bonds is 0. The molecule has 9 heteroatoms. The minimum Gasteiger partial charge on any atom is -0.450 e. The molecule has 0 N–H and O–H groups in total. The molecule has 0 saturated carbocycles. The van der Waals surface area contributed by atoms with Gasteiger partial charge in [-0.25, -0.2) is 4.57 Å². The van der Waals surface area contributed by atoms with E-state index in [1.807, 2.05) is 55.8 Å². The van der Waals surface area contributed by atoms with E-state index in [1.54, 1.807) is 0 Å². The maximum atomic E-state index is 6.52. The number of benzene rings is 2. The predicted octanol–water partition coefficient (Wildman–Crippen LogP) is 3.46. The first-order valence-corrected chi connectivity index (χ1v) is 11.2. The zero-order valence-electron chi connectivity index (χ0n) is 17.8. The molecule has 6 aromatic rings. The normalized spacial score (nSPS) is 18.7. The Morgan fingerprint density at radius 2 is 1.85 bits per heavy atom. The maximum Gasteiger partial charge on any atom is 0.437 e. The second-order valence-corrected chi connectivity index (χ2v) is 9.12. The Labute approximate surface area is 191 Å². The van der Waals surface area contributed by atoms with E-state index >= 15 is 0 Å². The highest BCUT2D eigenvalue weighted by molar-refractivity contribution is 6.10. The number of hydrogen-bond acceptors (Lipinski definition) is 4. The van der Waals surface area contributed by atoms with Gasteiger partial charge in [-0.1, -0.05) is 12.1 Å². The molecule has 10 rings (SSSR count). The van der Waals surface area contributed by atoms with Gasteiger partial charge in [0.15, 0.2) is 17.0 Å². The van der Waals surface area contributed by atoms with E-state index < -0.39 is 0 Å². The van der Waals surface area contributed by atoms with Crippen molar-refractivity contribution >= 4 is 27.6 Å². The van der Waals surface area contributed by atoms with Crippen molar-refractivity contribution in [2.24, 2.45) is 0 Å². The summed E-state index contributed by atoms with van der Waals surface area (Å²) in [5.41, 5.74) is 6.95. The Balaban J connectivity index is 1.59. The number of para-hydroxylation sites is 1. The van der Waals surface area contributed by atoms with Gasteiger partial charge in [0.05, 0.1) is 21.8 Å². The molecule has 0 aliphatic carbocycles. The van der Waals surface area contributed by atoms with Gasteiger partial charge in [-0.2, -0.15) is 0 Å². The summed E-state index contributed by atoms with van der Waals surface area (Å²) >= 11 is 0. The van der Waals surface area contributed by atoms with Crippen molar-refractivity contribution in [2.75, 3.05) is 0 Å². The van der Waals surface area contributed by atoms with E-state index in [2.05, 4.69) is 36.9 Å². The van der Waals surface area contributed by atoms with Gasteiger partial charge in [0, 0.05) is 20.9 Å². The van der Waals surface area contributed by atoms with Crippen LogP contribution in [0.1, 0.15) is 5.69 Å². The van der Waals surface area contributed by atoms with E-state index in [0.717, 1.165) is 73.5 Å². The SMILES string of the molecule is Cc1cc2n(n1)[N+]13c4c(ccc5c4-n4c6c(cccc6c6cnc[n+]1c64)O5)Oc1cccc-2[n+]13. The minimum absolute atomic E-state index is 0.131. The third-order valence-electron chi connectivity index (χ3n) is 7.45. The molecule has 0 fully saturated rings. The van der Waals surface area contributed by atoms with Crippen LogP contribution in [0.5, 0.6) is 23.1 Å². The first kappa shape index (κ1) is 15.9. The van der Waals surface area contributed by atoms with Crippen LogP contribution in [-0.2, 0) is 0 Å². The molecule has 0 radical (unpaired) electrons. The topological polar surface area (TPSA) is 61.9 Å². The Morgan fingerprint density at radius 1 is 0.941 bits per heavy atom. The average Bonchev–Trinajstić information content (AvgIpc) is 3.49. The number of fused-ring (bicyclic) bond motifs is 3. The lowest BCUT2D eigenvalue weighted by Crippen LogP contribution is -2.89. The van der Waals surface area contributed by atoms with Gasteiger partial charge in [0.2, 0.25) is 21.9 Å². The number of aryl methyl sites for hydroxylation is 1. The van der Waals surface area contributed by atoms with Crippen molar-refractivity contribution < 1.29 is 18.8 Å². The second-order valence-electron chi connectivity index (χ2n) is 9.12. The first-order chi connectivity index (χ1) is 16.8. The van der Waals surface area contributed by atoms with E-state index in [0.29, 0.717) is 0 Å². The van der Waals surface area contributed by atoms with Gasteiger partial charge in [0.25, 0.3) is 6.33 Å². The van der Waals surface area contributed by atoms with E-state index in [4.69, 9.17) is 19.6 Å². The van der Waals surface area contributed by atoms with Crippen LogP contribution >= 0.6 is 0 Å². The molecule has 4 aromatic heterocycles. The highest BCUT2D eigenvalue weighted by Gasteiger charge is 2.71. The summed E-state index contributed by atoms with van der Waals surface area (Å²) in [6, 6.07) is 18.4. The fourth-order valence-corrected chi connectivity index (χ4v) is 6.34. The third-order valence-corrected chi connectivity index (χ3v) is 7.45. The second kappa shape index (κ2) is 4.63. The molecule has 8 heterocycles. The Kier molecular flexibility index (Phi) is 2.17. The zero-order valence-corrected chi connectivity index (χ0v) is 17.8. The number of ether oxygens (including phenoxy) is 2. The number of pyridine rings is 1. The number of hydrogen-bond donors (Lipinski definition) is 0. The van der Waals surface area contributed by atoms with Crippen LogP contribution in [0.3, 0.4) is 0 Å². The van der Waals surface area contributed by atoms with Crippen molar-refractivity contribution in [3.05, 3.63) is 72.8 Å². The fraction of sp³-hybridized carbons (Fsp3) is 0.0400. The van der Waals surface area contributed by atoms with Crippen LogP contribution in [-0.4, -0.2) is 19.4 Å². The molecule has 2 aromatic carbocycles.